The summed E-state index contributed by atoms with van der Waals surface area (Å²) in [7, 11) is 0. The number of amides is 3. The molecule has 0 aromatic heterocycles. The van der Waals surface area contributed by atoms with E-state index < -0.39 is 66.1 Å². The van der Waals surface area contributed by atoms with E-state index in [1.807, 2.05) is 37.3 Å². The van der Waals surface area contributed by atoms with Gasteiger partial charge in [0.05, 0.1) is 35.8 Å². The number of halogens is 2. The van der Waals surface area contributed by atoms with Crippen molar-refractivity contribution in [2.45, 2.75) is 56.6 Å². The van der Waals surface area contributed by atoms with Gasteiger partial charge in [-0.3, -0.25) is 19.2 Å². The number of likely N-dealkylation sites (tertiary alicyclic amines) is 1. The lowest BCUT2D eigenvalue weighted by atomic mass is 9.74. The molecule has 46 heavy (non-hydrogen) atoms. The predicted octanol–water partition coefficient (Wildman–Crippen LogP) is 3.99. The number of hydrogen-bond acceptors (Lipinski definition) is 7. The number of nitrogens with one attached hydrogen (secondary N) is 1. The first-order chi connectivity index (χ1) is 22.1. The second-order valence-electron chi connectivity index (χ2n) is 12.1. The van der Waals surface area contributed by atoms with Crippen molar-refractivity contribution in [1.29, 1.82) is 0 Å². The maximum Gasteiger partial charge on any atom is 0.313 e. The molecule has 0 radical (unpaired) electrons. The second-order valence-corrected chi connectivity index (χ2v) is 13.4. The number of ether oxygens (including phenoxy) is 2. The Labute approximate surface area is 280 Å². The number of anilines is 1. The molecular formula is C34H35BrClN3O7. The van der Waals surface area contributed by atoms with E-state index >= 15 is 0 Å². The monoisotopic (exact) mass is 711 g/mol. The molecule has 5 bridgehead atoms. The molecule has 2 N–H and O–H groups in total. The van der Waals surface area contributed by atoms with E-state index in [-0.39, 0.29) is 25.4 Å². The number of hydrogen-bond donors (Lipinski definition) is 2. The third-order valence-electron chi connectivity index (χ3n) is 9.24. The highest BCUT2D eigenvalue weighted by Gasteiger charge is 2.75. The molecule has 1 spiro atoms. The Bertz CT molecular complexity index is 1600. The summed E-state index contributed by atoms with van der Waals surface area (Å²) in [6.45, 7) is 3.20. The Kier molecular flexibility index (Phi) is 9.13. The highest BCUT2D eigenvalue weighted by atomic mass is 79.9. The summed E-state index contributed by atoms with van der Waals surface area (Å²) in [5.74, 6) is -4.07. The lowest BCUT2D eigenvalue weighted by Crippen LogP contribution is -2.58. The zero-order valence-corrected chi connectivity index (χ0v) is 27.7. The van der Waals surface area contributed by atoms with Crippen molar-refractivity contribution < 1.29 is 33.8 Å². The number of esters is 1. The minimum Gasteiger partial charge on any atom is -0.455 e. The van der Waals surface area contributed by atoms with Gasteiger partial charge < -0.3 is 29.7 Å². The summed E-state index contributed by atoms with van der Waals surface area (Å²) >= 11 is 10.3. The van der Waals surface area contributed by atoms with Crippen LogP contribution in [-0.4, -0.2) is 77.2 Å². The lowest BCUT2D eigenvalue weighted by Gasteiger charge is -2.38. The number of cyclic esters (lactones) is 1. The normalized spacial score (nSPS) is 31.3. The van der Waals surface area contributed by atoms with Crippen molar-refractivity contribution in [3.8, 4) is 0 Å². The van der Waals surface area contributed by atoms with Crippen molar-refractivity contribution >= 4 is 56.9 Å². The van der Waals surface area contributed by atoms with Crippen molar-refractivity contribution in [1.82, 2.24) is 10.2 Å². The lowest BCUT2D eigenvalue weighted by molar-refractivity contribution is -0.160. The van der Waals surface area contributed by atoms with Crippen molar-refractivity contribution in [3.63, 3.8) is 0 Å². The molecule has 0 unspecified atom stereocenters. The van der Waals surface area contributed by atoms with E-state index in [0.717, 1.165) is 5.56 Å². The predicted molar refractivity (Wildman–Crippen MR) is 174 cm³/mol. The first-order valence-electron chi connectivity index (χ1n) is 15.3. The highest BCUT2D eigenvalue weighted by Crippen LogP contribution is 2.59. The van der Waals surface area contributed by atoms with Gasteiger partial charge in [0.1, 0.15) is 29.8 Å². The number of carbonyl (C=O) groups excluding carboxylic acids is 4. The smallest absolute Gasteiger partial charge is 0.313 e. The maximum absolute atomic E-state index is 14.9. The quantitative estimate of drug-likeness (QED) is 0.363. The van der Waals surface area contributed by atoms with Crippen LogP contribution in [0.5, 0.6) is 0 Å². The van der Waals surface area contributed by atoms with Gasteiger partial charge in [-0.2, -0.15) is 0 Å². The van der Waals surface area contributed by atoms with Gasteiger partial charge in [-0.05, 0) is 43.5 Å². The Balaban J connectivity index is 1.49. The number of allylic oxidation sites excluding steroid dienone is 1. The van der Waals surface area contributed by atoms with E-state index in [1.54, 1.807) is 43.3 Å². The summed E-state index contributed by atoms with van der Waals surface area (Å²) < 4.78 is 13.2. The number of aryl methyl sites for hydroxylation is 1. The van der Waals surface area contributed by atoms with E-state index in [0.29, 0.717) is 27.2 Å². The molecule has 10 nitrogen and oxygen atoms in total. The highest BCUT2D eigenvalue weighted by molar-refractivity contribution is 9.11. The van der Waals surface area contributed by atoms with Gasteiger partial charge in [0.15, 0.2) is 0 Å². The van der Waals surface area contributed by atoms with E-state index in [2.05, 4.69) is 21.2 Å². The summed E-state index contributed by atoms with van der Waals surface area (Å²) in [4.78, 5) is 59.1. The van der Waals surface area contributed by atoms with Crippen LogP contribution >= 0.6 is 27.5 Å². The molecule has 4 aliphatic rings. The zero-order valence-electron chi connectivity index (χ0n) is 25.4. The molecule has 4 heterocycles. The zero-order chi connectivity index (χ0) is 32.7. The first-order valence-corrected chi connectivity index (χ1v) is 16.5. The number of carbonyl (C=O) groups is 4. The molecule has 2 saturated heterocycles. The molecule has 2 aromatic carbocycles. The summed E-state index contributed by atoms with van der Waals surface area (Å²) in [5.41, 5.74) is 0.360. The number of para-hydroxylation sites is 1. The van der Waals surface area contributed by atoms with Crippen LogP contribution in [0, 0.1) is 18.8 Å². The van der Waals surface area contributed by atoms with E-state index in [1.165, 1.54) is 9.80 Å². The number of benzene rings is 2. The van der Waals surface area contributed by atoms with Crippen LogP contribution < -0.4 is 10.2 Å². The third kappa shape index (κ3) is 5.46. The van der Waals surface area contributed by atoms with Crippen LogP contribution in [-0.2, 0) is 28.7 Å². The Morgan fingerprint density at radius 3 is 2.57 bits per heavy atom. The van der Waals surface area contributed by atoms with Crippen LogP contribution in [0.3, 0.4) is 0 Å². The molecule has 3 amide bonds. The fourth-order valence-electron chi connectivity index (χ4n) is 7.09. The Hall–Kier alpha value is -3.51. The molecule has 242 valence electrons. The van der Waals surface area contributed by atoms with Crippen LogP contribution in [0.2, 0.25) is 5.02 Å². The summed E-state index contributed by atoms with van der Waals surface area (Å²) in [6.07, 6.45) is 4.20. The molecule has 12 heteroatoms. The average molecular weight is 713 g/mol. The SMILES string of the molecule is Cc1cccc(Cl)c1N1C/C=C\CCC(=O)NC[C@H](c2ccccc2)OC(=O)[C@H]2[C@@H]3O[C@@]4(C=C3Br)[C@@H]2C(=O)N([C@H](C)CO)[C@@H]4C1=O. The van der Waals surface area contributed by atoms with Crippen molar-refractivity contribution in [3.05, 3.63) is 87.4 Å². The number of rotatable bonds is 4. The fourth-order valence-corrected chi connectivity index (χ4v) is 8.15. The number of fused-ring (bicyclic) bond motifs is 2. The van der Waals surface area contributed by atoms with Gasteiger partial charge >= 0.3 is 5.97 Å². The van der Waals surface area contributed by atoms with Crippen LogP contribution in [0.1, 0.15) is 37.0 Å². The topological polar surface area (TPSA) is 125 Å². The minimum absolute atomic E-state index is 0.0334. The van der Waals surface area contributed by atoms with Gasteiger partial charge in [-0.1, -0.05) is 82.1 Å². The number of aliphatic hydroxyl groups is 1. The molecule has 2 fully saturated rings. The number of aliphatic hydroxyl groups excluding tert-OH is 1. The molecule has 0 aliphatic carbocycles. The first kappa shape index (κ1) is 32.4. The molecule has 7 atom stereocenters. The Morgan fingerprint density at radius 1 is 1.09 bits per heavy atom. The van der Waals surface area contributed by atoms with Gasteiger partial charge in [-0.25, -0.2) is 0 Å². The maximum atomic E-state index is 14.9. The fraction of sp³-hybridized carbons (Fsp3) is 0.412. The minimum atomic E-state index is -1.52. The molecular weight excluding hydrogens is 678 g/mol. The molecule has 2 aromatic rings. The molecule has 6 rings (SSSR count). The molecule has 4 aliphatic heterocycles. The average Bonchev–Trinajstić information content (AvgIpc) is 3.64. The van der Waals surface area contributed by atoms with Gasteiger partial charge in [0, 0.05) is 17.4 Å². The van der Waals surface area contributed by atoms with Gasteiger partial charge in [0.25, 0.3) is 5.91 Å². The van der Waals surface area contributed by atoms with Crippen LogP contribution in [0.25, 0.3) is 0 Å². The Morgan fingerprint density at radius 2 is 1.85 bits per heavy atom. The van der Waals surface area contributed by atoms with Gasteiger partial charge in [-0.15, -0.1) is 0 Å². The van der Waals surface area contributed by atoms with Gasteiger partial charge in [0.2, 0.25) is 11.8 Å². The summed E-state index contributed by atoms with van der Waals surface area (Å²) in [5, 5.41) is 13.5. The summed E-state index contributed by atoms with van der Waals surface area (Å²) in [6, 6.07) is 12.4. The number of nitrogens with zero attached hydrogens (tertiary/aromatic N) is 2. The van der Waals surface area contributed by atoms with E-state index in [9.17, 15) is 24.3 Å². The van der Waals surface area contributed by atoms with Crippen molar-refractivity contribution in [2.75, 3.05) is 24.6 Å². The second kappa shape index (κ2) is 12.9. The third-order valence-corrected chi connectivity index (χ3v) is 10.2. The van der Waals surface area contributed by atoms with Crippen LogP contribution in [0.15, 0.2) is 71.2 Å². The van der Waals surface area contributed by atoms with E-state index in [4.69, 9.17) is 21.1 Å². The standard InChI is InChI=1S/C34H35BrClN3O7/c1-19-10-9-13-23(36)28(19)38-15-8-4-7-14-25(41)37-17-24(21-11-5-3-6-12-21)45-33(44)26-27-31(42)39(20(2)18-40)30(32(38)43)34(27)16-22(35)29(26)46-34/h3-6,8-13,16,20,24,26-27,29-30,40H,7,14-15,17-18H2,1-2H3,(H,37,41)/b8-4-/t20-,24-,26-,27+,29-,30-,34+/m1/s1. The largest absolute Gasteiger partial charge is 0.455 e. The molecule has 0 saturated carbocycles. The van der Waals surface area contributed by atoms with Crippen molar-refractivity contribution in [2.24, 2.45) is 11.8 Å². The van der Waals surface area contributed by atoms with Crippen LogP contribution in [0.4, 0.5) is 5.69 Å².